The third kappa shape index (κ3) is 2.47. The van der Waals surface area contributed by atoms with E-state index in [-0.39, 0.29) is 10.8 Å². The van der Waals surface area contributed by atoms with E-state index in [2.05, 4.69) is 126 Å². The molecule has 2 aliphatic rings. The molecule has 0 fully saturated rings. The Morgan fingerprint density at radius 1 is 0.579 bits per heavy atom. The van der Waals surface area contributed by atoms with E-state index in [1.807, 2.05) is 0 Å². The van der Waals surface area contributed by atoms with Crippen molar-refractivity contribution in [3.63, 3.8) is 0 Å². The van der Waals surface area contributed by atoms with Gasteiger partial charge in [-0.05, 0) is 120 Å². The number of benzene rings is 6. The molecule has 0 heterocycles. The summed E-state index contributed by atoms with van der Waals surface area (Å²) in [7, 11) is 0. The van der Waals surface area contributed by atoms with Gasteiger partial charge in [0, 0.05) is 10.8 Å². The van der Waals surface area contributed by atoms with Gasteiger partial charge in [0.2, 0.25) is 0 Å². The summed E-state index contributed by atoms with van der Waals surface area (Å²) >= 11 is 0. The molecule has 0 saturated heterocycles. The Bertz CT molecular complexity index is 2010. The number of hydrogen-bond donors (Lipinski definition) is 0. The molecule has 2 aliphatic carbocycles. The first-order chi connectivity index (χ1) is 18.2. The predicted molar refractivity (Wildman–Crippen MR) is 165 cm³/mol. The smallest absolute Gasteiger partial charge is 0.0159 e. The minimum Gasteiger partial charge on any atom is -0.0871 e. The van der Waals surface area contributed by atoms with E-state index in [0.29, 0.717) is 0 Å². The molecule has 0 unspecified atom stereocenters. The highest BCUT2D eigenvalue weighted by molar-refractivity contribution is 6.26. The van der Waals surface area contributed by atoms with Crippen LogP contribution in [0.4, 0.5) is 0 Å². The van der Waals surface area contributed by atoms with E-state index in [9.17, 15) is 0 Å². The van der Waals surface area contributed by atoms with Crippen LogP contribution in [0.3, 0.4) is 0 Å². The molecule has 0 heteroatoms. The fourth-order valence-corrected chi connectivity index (χ4v) is 7.89. The number of rotatable bonds is 1. The van der Waals surface area contributed by atoms with Gasteiger partial charge < -0.3 is 0 Å². The van der Waals surface area contributed by atoms with E-state index in [0.717, 1.165) is 0 Å². The highest BCUT2D eigenvalue weighted by atomic mass is 14.5. The predicted octanol–water partition coefficient (Wildman–Crippen LogP) is 10.5. The first-order valence-electron chi connectivity index (χ1n) is 13.9. The van der Waals surface area contributed by atoms with Crippen molar-refractivity contribution in [3.8, 4) is 22.3 Å². The number of hydrogen-bond acceptors (Lipinski definition) is 0. The first-order valence-corrected chi connectivity index (χ1v) is 13.9. The molecule has 0 saturated carbocycles. The Morgan fingerprint density at radius 2 is 1.21 bits per heavy atom. The van der Waals surface area contributed by atoms with Crippen LogP contribution < -0.4 is 0 Å². The molecule has 184 valence electrons. The Hall–Kier alpha value is -3.90. The van der Waals surface area contributed by atoms with Crippen molar-refractivity contribution in [3.05, 3.63) is 112 Å². The molecule has 8 rings (SSSR count). The molecule has 6 aromatic carbocycles. The largest absolute Gasteiger partial charge is 0.0871 e. The van der Waals surface area contributed by atoms with Crippen molar-refractivity contribution in [2.75, 3.05) is 0 Å². The van der Waals surface area contributed by atoms with Crippen LogP contribution in [0, 0.1) is 6.92 Å². The highest BCUT2D eigenvalue weighted by Gasteiger charge is 2.43. The zero-order valence-electron chi connectivity index (χ0n) is 23.1. The van der Waals surface area contributed by atoms with Gasteiger partial charge in [0.15, 0.2) is 0 Å². The Balaban J connectivity index is 1.49. The summed E-state index contributed by atoms with van der Waals surface area (Å²) in [5.41, 5.74) is 14.2. The minimum absolute atomic E-state index is 0.0321. The molecular weight excluding hydrogens is 456 g/mol. The maximum atomic E-state index is 2.56. The van der Waals surface area contributed by atoms with E-state index >= 15 is 0 Å². The average molecular weight is 489 g/mol. The van der Waals surface area contributed by atoms with Gasteiger partial charge in [0.25, 0.3) is 0 Å². The average Bonchev–Trinajstić information content (AvgIpc) is 3.27. The molecule has 0 amide bonds. The molecule has 0 nitrogen and oxygen atoms in total. The lowest BCUT2D eigenvalue weighted by Gasteiger charge is -2.24. The van der Waals surface area contributed by atoms with E-state index in [4.69, 9.17) is 0 Å². The van der Waals surface area contributed by atoms with Crippen LogP contribution in [-0.2, 0) is 10.8 Å². The minimum atomic E-state index is -0.0636. The monoisotopic (exact) mass is 488 g/mol. The molecule has 0 radical (unpaired) electrons. The fraction of sp³-hybridized carbons (Fsp3) is 0.211. The molecule has 0 aromatic heterocycles. The van der Waals surface area contributed by atoms with Gasteiger partial charge in [-0.15, -0.1) is 0 Å². The number of allylic oxidation sites excluding steroid dienone is 1. The summed E-state index contributed by atoms with van der Waals surface area (Å²) in [5.74, 6) is 0. The molecule has 0 bridgehead atoms. The summed E-state index contributed by atoms with van der Waals surface area (Å²) in [6.45, 7) is 14.1. The van der Waals surface area contributed by atoms with Crippen LogP contribution in [0.5, 0.6) is 0 Å². The van der Waals surface area contributed by atoms with Crippen LogP contribution in [0.1, 0.15) is 68.0 Å². The second-order valence-electron chi connectivity index (χ2n) is 12.6. The van der Waals surface area contributed by atoms with E-state index < -0.39 is 0 Å². The molecule has 0 atom stereocenters. The summed E-state index contributed by atoms with van der Waals surface area (Å²) in [4.78, 5) is 0. The molecule has 0 aliphatic heterocycles. The summed E-state index contributed by atoms with van der Waals surface area (Å²) in [6.07, 6.45) is 4.39. The van der Waals surface area contributed by atoms with Gasteiger partial charge in [-0.25, -0.2) is 0 Å². The van der Waals surface area contributed by atoms with Crippen molar-refractivity contribution in [1.29, 1.82) is 0 Å². The molecule has 38 heavy (non-hydrogen) atoms. The lowest BCUT2D eigenvalue weighted by atomic mass is 9.79. The van der Waals surface area contributed by atoms with Crippen LogP contribution >= 0.6 is 0 Å². The Labute approximate surface area is 225 Å². The van der Waals surface area contributed by atoms with Crippen molar-refractivity contribution < 1.29 is 0 Å². The Morgan fingerprint density at radius 3 is 1.92 bits per heavy atom. The van der Waals surface area contributed by atoms with Crippen LogP contribution in [-0.4, -0.2) is 0 Å². The maximum Gasteiger partial charge on any atom is 0.0159 e. The van der Waals surface area contributed by atoms with Crippen molar-refractivity contribution >= 4 is 38.4 Å². The van der Waals surface area contributed by atoms with Gasteiger partial charge in [-0.2, -0.15) is 0 Å². The highest BCUT2D eigenvalue weighted by Crippen LogP contribution is 2.58. The molecule has 6 aromatic rings. The van der Waals surface area contributed by atoms with E-state index in [1.165, 1.54) is 88.0 Å². The van der Waals surface area contributed by atoms with Crippen molar-refractivity contribution in [1.82, 2.24) is 0 Å². The third-order valence-electron chi connectivity index (χ3n) is 9.89. The number of fused-ring (bicyclic) bond motifs is 7. The molecule has 0 spiro atoms. The van der Waals surface area contributed by atoms with Gasteiger partial charge >= 0.3 is 0 Å². The second kappa shape index (κ2) is 6.94. The van der Waals surface area contributed by atoms with E-state index in [1.54, 1.807) is 0 Å². The topological polar surface area (TPSA) is 0 Å². The van der Waals surface area contributed by atoms with Crippen LogP contribution in [0.2, 0.25) is 0 Å². The van der Waals surface area contributed by atoms with Gasteiger partial charge in [0.1, 0.15) is 0 Å². The lowest BCUT2D eigenvalue weighted by Crippen LogP contribution is -2.17. The first kappa shape index (κ1) is 22.1. The third-order valence-corrected chi connectivity index (χ3v) is 9.89. The molecule has 0 N–H and O–H groups in total. The fourth-order valence-electron chi connectivity index (χ4n) is 7.89. The molecular formula is C38H32. The van der Waals surface area contributed by atoms with Gasteiger partial charge in [-0.1, -0.05) is 94.4 Å². The van der Waals surface area contributed by atoms with Crippen molar-refractivity contribution in [2.45, 2.75) is 52.4 Å². The standard InChI is InChI=1S/C38H32/c1-7-9-22-15-17-29-33(21(22)2)27-19-31-28(20-30(27)37(29,3)4)36-26-16-14-24-11-8-10-23-12-13-25(35(26)34(23)24)18-32(36)38(31,5)6/h7-20H,1-6H3/b9-7-. The lowest BCUT2D eigenvalue weighted by molar-refractivity contribution is 0.652. The van der Waals surface area contributed by atoms with Gasteiger partial charge in [-0.3, -0.25) is 0 Å². The Kier molecular flexibility index (Phi) is 4.04. The maximum absolute atomic E-state index is 2.56. The zero-order chi connectivity index (χ0) is 26.1. The summed E-state index contributed by atoms with van der Waals surface area (Å²) in [6, 6.07) is 28.3. The van der Waals surface area contributed by atoms with Crippen LogP contribution in [0.15, 0.2) is 78.9 Å². The normalized spacial score (nSPS) is 16.5. The SMILES string of the molecule is C/C=C\c1ccc2c(c1C)-c1cc3c(cc1C2(C)C)-c1c(cc2ccc4cccc5ccc1c2c45)C3(C)C. The van der Waals surface area contributed by atoms with Gasteiger partial charge in [0.05, 0.1) is 0 Å². The zero-order valence-corrected chi connectivity index (χ0v) is 23.1. The van der Waals surface area contributed by atoms with Crippen LogP contribution in [0.25, 0.3) is 60.6 Å². The quantitative estimate of drug-likeness (QED) is 0.202. The van der Waals surface area contributed by atoms with Crippen molar-refractivity contribution in [2.24, 2.45) is 0 Å². The summed E-state index contributed by atoms with van der Waals surface area (Å²) < 4.78 is 0. The summed E-state index contributed by atoms with van der Waals surface area (Å²) in [5, 5.41) is 8.23. The second-order valence-corrected chi connectivity index (χ2v) is 12.6.